The minimum absolute atomic E-state index is 0.182. The summed E-state index contributed by atoms with van der Waals surface area (Å²) in [5.74, 6) is 1.74. The van der Waals surface area contributed by atoms with E-state index in [4.69, 9.17) is 14.5 Å². The molecule has 0 saturated carbocycles. The third-order valence-corrected chi connectivity index (χ3v) is 5.38. The first-order valence-corrected chi connectivity index (χ1v) is 11.3. The monoisotopic (exact) mass is 490 g/mol. The molecule has 1 heterocycles. The zero-order chi connectivity index (χ0) is 22.5. The van der Waals surface area contributed by atoms with E-state index in [2.05, 4.69) is 15.9 Å². The molecule has 1 aliphatic heterocycles. The lowest BCUT2D eigenvalue weighted by Gasteiger charge is -2.18. The first kappa shape index (κ1) is 21.8. The highest BCUT2D eigenvalue weighted by Gasteiger charge is 2.32. The van der Waals surface area contributed by atoms with Crippen LogP contribution in [0.1, 0.15) is 25.0 Å². The quantitative estimate of drug-likeness (QED) is 0.377. The maximum Gasteiger partial charge on any atom is 0.282 e. The Morgan fingerprint density at radius 1 is 0.906 bits per heavy atom. The van der Waals surface area contributed by atoms with E-state index >= 15 is 0 Å². The zero-order valence-corrected chi connectivity index (χ0v) is 19.5. The highest BCUT2D eigenvalue weighted by Crippen LogP contribution is 2.32. The fourth-order valence-electron chi connectivity index (χ4n) is 3.44. The van der Waals surface area contributed by atoms with E-state index in [9.17, 15) is 4.79 Å². The number of carbonyl (C=O) groups excluding carboxylic acids is 1. The van der Waals surface area contributed by atoms with Crippen LogP contribution in [0, 0.1) is 0 Å². The maximum absolute atomic E-state index is 13.4. The number of amidine groups is 1. The topological polar surface area (TPSA) is 51.1 Å². The van der Waals surface area contributed by atoms with Crippen LogP contribution in [0.5, 0.6) is 11.5 Å². The number of hydrogen-bond donors (Lipinski definition) is 0. The maximum atomic E-state index is 13.4. The molecule has 0 aromatic heterocycles. The van der Waals surface area contributed by atoms with Crippen LogP contribution in [0.15, 0.2) is 88.0 Å². The third-order valence-electron chi connectivity index (χ3n) is 4.85. The second-order valence-electron chi connectivity index (χ2n) is 7.02. The standard InChI is InChI=1S/C26H23BrN2O3/c1-3-31-23-15-10-18(17-24(23)32-4-2)16-22-26(30)29(21-13-11-20(27)12-14-21)25(28-22)19-8-6-5-7-9-19/h5-17H,3-4H2,1-2H3/b22-16+. The van der Waals surface area contributed by atoms with Gasteiger partial charge in [0.2, 0.25) is 0 Å². The van der Waals surface area contributed by atoms with Crippen molar-refractivity contribution in [2.45, 2.75) is 13.8 Å². The molecule has 3 aromatic rings. The minimum atomic E-state index is -0.182. The number of aliphatic imine (C=N–C) groups is 1. The average Bonchev–Trinajstić information content (AvgIpc) is 3.13. The van der Waals surface area contributed by atoms with Crippen LogP contribution in [0.2, 0.25) is 0 Å². The first-order chi connectivity index (χ1) is 15.6. The lowest BCUT2D eigenvalue weighted by atomic mass is 10.1. The predicted molar refractivity (Wildman–Crippen MR) is 131 cm³/mol. The van der Waals surface area contributed by atoms with Gasteiger partial charge in [-0.05, 0) is 61.9 Å². The van der Waals surface area contributed by atoms with Gasteiger partial charge in [0.1, 0.15) is 11.5 Å². The average molecular weight is 491 g/mol. The first-order valence-electron chi connectivity index (χ1n) is 10.5. The SMILES string of the molecule is CCOc1ccc(/C=C2/N=C(c3ccccc3)N(c3ccc(Br)cc3)C2=O)cc1OCC. The Kier molecular flexibility index (Phi) is 6.71. The van der Waals surface area contributed by atoms with E-state index in [1.807, 2.05) is 86.6 Å². The van der Waals surface area contributed by atoms with Crippen molar-refractivity contribution >= 4 is 39.4 Å². The van der Waals surface area contributed by atoms with Gasteiger partial charge in [0, 0.05) is 10.0 Å². The highest BCUT2D eigenvalue weighted by molar-refractivity contribution is 9.10. The molecule has 0 fully saturated rings. The molecule has 0 bridgehead atoms. The van der Waals surface area contributed by atoms with Crippen LogP contribution in [0.3, 0.4) is 0 Å². The summed E-state index contributed by atoms with van der Waals surface area (Å²) in [4.78, 5) is 19.8. The van der Waals surface area contributed by atoms with E-state index in [1.165, 1.54) is 0 Å². The summed E-state index contributed by atoms with van der Waals surface area (Å²) in [5.41, 5.74) is 2.80. The van der Waals surface area contributed by atoms with Gasteiger partial charge in [-0.15, -0.1) is 0 Å². The Bertz CT molecular complexity index is 1170. The predicted octanol–water partition coefficient (Wildman–Crippen LogP) is 6.08. The molecule has 4 rings (SSSR count). The van der Waals surface area contributed by atoms with Gasteiger partial charge in [0.15, 0.2) is 11.5 Å². The number of amides is 1. The lowest BCUT2D eigenvalue weighted by Crippen LogP contribution is -2.32. The van der Waals surface area contributed by atoms with Crippen LogP contribution < -0.4 is 14.4 Å². The minimum Gasteiger partial charge on any atom is -0.490 e. The van der Waals surface area contributed by atoms with E-state index < -0.39 is 0 Å². The molecule has 6 heteroatoms. The summed E-state index contributed by atoms with van der Waals surface area (Å²) in [6.45, 7) is 4.92. The van der Waals surface area contributed by atoms with E-state index in [-0.39, 0.29) is 5.91 Å². The van der Waals surface area contributed by atoms with Gasteiger partial charge in [-0.2, -0.15) is 0 Å². The van der Waals surface area contributed by atoms with Crippen molar-refractivity contribution in [2.75, 3.05) is 18.1 Å². The molecule has 0 unspecified atom stereocenters. The number of ether oxygens (including phenoxy) is 2. The van der Waals surface area contributed by atoms with Gasteiger partial charge in [-0.3, -0.25) is 9.69 Å². The molecule has 5 nitrogen and oxygen atoms in total. The number of rotatable bonds is 7. The smallest absolute Gasteiger partial charge is 0.282 e. The molecule has 162 valence electrons. The Morgan fingerprint density at radius 3 is 2.28 bits per heavy atom. The normalized spacial score (nSPS) is 14.6. The number of nitrogens with zero attached hydrogens (tertiary/aromatic N) is 2. The van der Waals surface area contributed by atoms with Crippen LogP contribution in [-0.4, -0.2) is 25.0 Å². The van der Waals surface area contributed by atoms with Gasteiger partial charge in [0.05, 0.1) is 18.9 Å². The van der Waals surface area contributed by atoms with E-state index in [0.29, 0.717) is 36.2 Å². The number of anilines is 1. The second-order valence-corrected chi connectivity index (χ2v) is 7.94. The molecule has 0 aliphatic carbocycles. The summed E-state index contributed by atoms with van der Waals surface area (Å²) in [5, 5.41) is 0. The Balaban J connectivity index is 1.76. The summed E-state index contributed by atoms with van der Waals surface area (Å²) >= 11 is 3.45. The number of halogens is 1. The second kappa shape index (κ2) is 9.83. The Labute approximate surface area is 196 Å². The van der Waals surface area contributed by atoms with Crippen molar-refractivity contribution in [1.29, 1.82) is 0 Å². The van der Waals surface area contributed by atoms with Crippen LogP contribution in [0.4, 0.5) is 5.69 Å². The molecular formula is C26H23BrN2O3. The van der Waals surface area contributed by atoms with E-state index in [1.54, 1.807) is 11.0 Å². The van der Waals surface area contributed by atoms with Gasteiger partial charge >= 0.3 is 0 Å². The largest absolute Gasteiger partial charge is 0.490 e. The number of hydrogen-bond acceptors (Lipinski definition) is 4. The zero-order valence-electron chi connectivity index (χ0n) is 17.9. The van der Waals surface area contributed by atoms with Crippen molar-refractivity contribution in [3.63, 3.8) is 0 Å². The third kappa shape index (κ3) is 4.60. The van der Waals surface area contributed by atoms with Crippen molar-refractivity contribution in [2.24, 2.45) is 4.99 Å². The fraction of sp³-hybridized carbons (Fsp3) is 0.154. The number of carbonyl (C=O) groups is 1. The molecule has 0 spiro atoms. The van der Waals surface area contributed by atoms with Crippen molar-refractivity contribution < 1.29 is 14.3 Å². The van der Waals surface area contributed by atoms with Crippen molar-refractivity contribution in [1.82, 2.24) is 0 Å². The Morgan fingerprint density at radius 2 is 1.59 bits per heavy atom. The van der Waals surface area contributed by atoms with Gasteiger partial charge in [0.25, 0.3) is 5.91 Å². The van der Waals surface area contributed by atoms with Gasteiger partial charge in [-0.25, -0.2) is 4.99 Å². The lowest BCUT2D eigenvalue weighted by molar-refractivity contribution is -0.113. The van der Waals surface area contributed by atoms with Crippen LogP contribution >= 0.6 is 15.9 Å². The fourth-order valence-corrected chi connectivity index (χ4v) is 3.71. The highest BCUT2D eigenvalue weighted by atomic mass is 79.9. The van der Waals surface area contributed by atoms with E-state index in [0.717, 1.165) is 21.3 Å². The molecule has 0 atom stereocenters. The number of benzene rings is 3. The van der Waals surface area contributed by atoms with Crippen molar-refractivity contribution in [3.05, 3.63) is 94.1 Å². The summed E-state index contributed by atoms with van der Waals surface area (Å²) in [6.07, 6.45) is 1.78. The van der Waals surface area contributed by atoms with Crippen molar-refractivity contribution in [3.8, 4) is 11.5 Å². The molecular weight excluding hydrogens is 468 g/mol. The van der Waals surface area contributed by atoms with Gasteiger partial charge in [-0.1, -0.05) is 52.3 Å². The van der Waals surface area contributed by atoms with Gasteiger partial charge < -0.3 is 9.47 Å². The molecule has 0 N–H and O–H groups in total. The van der Waals surface area contributed by atoms with Crippen LogP contribution in [-0.2, 0) is 4.79 Å². The summed E-state index contributed by atoms with van der Waals surface area (Å²) in [7, 11) is 0. The molecule has 1 aliphatic rings. The molecule has 1 amide bonds. The molecule has 32 heavy (non-hydrogen) atoms. The summed E-state index contributed by atoms with van der Waals surface area (Å²) in [6, 6.07) is 22.9. The summed E-state index contributed by atoms with van der Waals surface area (Å²) < 4.78 is 12.3. The Hall–Kier alpha value is -3.38. The molecule has 0 saturated heterocycles. The molecule has 3 aromatic carbocycles. The van der Waals surface area contributed by atoms with Crippen LogP contribution in [0.25, 0.3) is 6.08 Å². The molecule has 0 radical (unpaired) electrons.